The molecule has 0 aliphatic carbocycles. The van der Waals surface area contributed by atoms with Crippen LogP contribution in [0.5, 0.6) is 5.75 Å². The zero-order chi connectivity index (χ0) is 21.8. The number of carbonyl (C=O) groups is 1. The van der Waals surface area contributed by atoms with Crippen molar-refractivity contribution in [2.75, 3.05) is 20.1 Å². The normalized spacial score (nSPS) is 15.4. The molecule has 1 amide bonds. The first-order chi connectivity index (χ1) is 14.0. The molecule has 3 aromatic rings. The highest BCUT2D eigenvalue weighted by Crippen LogP contribution is 2.40. The van der Waals surface area contributed by atoms with Gasteiger partial charge in [0.1, 0.15) is 5.52 Å². The molecule has 4 rings (SSSR count). The SMILES string of the molecule is CN1CC(NC(=O)c2ccc3oc(-c4cc(C(F)(F)F)c(F)c(O)c4F)nc3c2)C1. The molecule has 0 bridgehead atoms. The lowest BCUT2D eigenvalue weighted by Crippen LogP contribution is -2.57. The molecule has 1 fully saturated rings. The van der Waals surface area contributed by atoms with Gasteiger partial charge in [0.2, 0.25) is 5.89 Å². The molecular weight excluding hydrogens is 413 g/mol. The fraction of sp³-hybridized carbons (Fsp3) is 0.263. The maximum atomic E-state index is 14.2. The first-order valence-electron chi connectivity index (χ1n) is 8.73. The third kappa shape index (κ3) is 3.45. The first kappa shape index (κ1) is 20.1. The minimum atomic E-state index is -5.17. The van der Waals surface area contributed by atoms with Crippen LogP contribution in [0.25, 0.3) is 22.6 Å². The third-order valence-electron chi connectivity index (χ3n) is 4.76. The molecule has 6 nitrogen and oxygen atoms in total. The number of fused-ring (bicyclic) bond motifs is 1. The lowest BCUT2D eigenvalue weighted by molar-refractivity contribution is -0.140. The van der Waals surface area contributed by atoms with E-state index in [9.17, 15) is 31.9 Å². The van der Waals surface area contributed by atoms with E-state index in [4.69, 9.17) is 4.42 Å². The van der Waals surface area contributed by atoms with Crippen molar-refractivity contribution in [1.29, 1.82) is 0 Å². The molecule has 0 saturated carbocycles. The highest BCUT2D eigenvalue weighted by Gasteiger charge is 2.38. The Kier molecular flexibility index (Phi) is 4.64. The van der Waals surface area contributed by atoms with Gasteiger partial charge in [-0.3, -0.25) is 4.79 Å². The van der Waals surface area contributed by atoms with Crippen molar-refractivity contribution in [3.8, 4) is 17.2 Å². The van der Waals surface area contributed by atoms with Gasteiger partial charge in [0, 0.05) is 18.7 Å². The van der Waals surface area contributed by atoms with E-state index in [0.717, 1.165) is 0 Å². The first-order valence-corrected chi connectivity index (χ1v) is 8.73. The summed E-state index contributed by atoms with van der Waals surface area (Å²) in [5.74, 6) is -6.52. The second-order valence-electron chi connectivity index (χ2n) is 7.04. The number of aromatic hydroxyl groups is 1. The second kappa shape index (κ2) is 6.94. The van der Waals surface area contributed by atoms with Gasteiger partial charge in [-0.25, -0.2) is 13.8 Å². The summed E-state index contributed by atoms with van der Waals surface area (Å²) in [4.78, 5) is 18.2. The van der Waals surface area contributed by atoms with E-state index in [0.29, 0.717) is 13.1 Å². The largest absolute Gasteiger partial charge is 0.503 e. The Hall–Kier alpha value is -3.21. The number of carbonyl (C=O) groups excluding carboxylic acids is 1. The van der Waals surface area contributed by atoms with E-state index >= 15 is 0 Å². The molecule has 11 heteroatoms. The lowest BCUT2D eigenvalue weighted by atomic mass is 10.1. The van der Waals surface area contributed by atoms with Crippen LogP contribution < -0.4 is 5.32 Å². The Morgan fingerprint density at radius 3 is 2.57 bits per heavy atom. The maximum absolute atomic E-state index is 14.2. The van der Waals surface area contributed by atoms with E-state index in [1.807, 2.05) is 11.9 Å². The number of likely N-dealkylation sites (N-methyl/N-ethyl adjacent to an activating group) is 1. The predicted molar refractivity (Wildman–Crippen MR) is 94.8 cm³/mol. The van der Waals surface area contributed by atoms with Gasteiger partial charge in [-0.1, -0.05) is 0 Å². The summed E-state index contributed by atoms with van der Waals surface area (Å²) in [6.45, 7) is 1.41. The van der Waals surface area contributed by atoms with Crippen LogP contribution in [0.4, 0.5) is 22.0 Å². The Labute approximate surface area is 165 Å². The summed E-state index contributed by atoms with van der Waals surface area (Å²) in [6.07, 6.45) is -5.17. The van der Waals surface area contributed by atoms with E-state index in [1.165, 1.54) is 18.2 Å². The number of amides is 1. The van der Waals surface area contributed by atoms with Gasteiger partial charge in [-0.15, -0.1) is 0 Å². The summed E-state index contributed by atoms with van der Waals surface area (Å²) in [5, 5.41) is 12.3. The summed E-state index contributed by atoms with van der Waals surface area (Å²) in [7, 11) is 1.90. The van der Waals surface area contributed by atoms with Crippen molar-refractivity contribution >= 4 is 17.0 Å². The van der Waals surface area contributed by atoms with Crippen LogP contribution in [0.1, 0.15) is 15.9 Å². The molecule has 0 spiro atoms. The van der Waals surface area contributed by atoms with Gasteiger partial charge in [0.05, 0.1) is 17.2 Å². The average Bonchev–Trinajstić information content (AvgIpc) is 3.06. The number of halogens is 5. The summed E-state index contributed by atoms with van der Waals surface area (Å²) < 4.78 is 72.1. The van der Waals surface area contributed by atoms with Gasteiger partial charge in [-0.2, -0.15) is 13.2 Å². The van der Waals surface area contributed by atoms with Crippen LogP contribution in [0.3, 0.4) is 0 Å². The van der Waals surface area contributed by atoms with Gasteiger partial charge < -0.3 is 19.7 Å². The monoisotopic (exact) mass is 427 g/mol. The van der Waals surface area contributed by atoms with Crippen molar-refractivity contribution in [1.82, 2.24) is 15.2 Å². The number of nitrogens with zero attached hydrogens (tertiary/aromatic N) is 2. The molecule has 0 atom stereocenters. The number of oxazole rings is 1. The Balaban J connectivity index is 1.71. The number of hydrogen-bond acceptors (Lipinski definition) is 5. The van der Waals surface area contributed by atoms with Crippen molar-refractivity contribution in [3.05, 3.63) is 47.0 Å². The fourth-order valence-corrected chi connectivity index (χ4v) is 3.23. The molecular formula is C19H14F5N3O3. The molecule has 0 unspecified atom stereocenters. The number of likely N-dealkylation sites (tertiary alicyclic amines) is 1. The Morgan fingerprint density at radius 2 is 1.93 bits per heavy atom. The van der Waals surface area contributed by atoms with Gasteiger partial charge in [0.25, 0.3) is 5.91 Å². The summed E-state index contributed by atoms with van der Waals surface area (Å²) in [5.41, 5.74) is -2.33. The van der Waals surface area contributed by atoms with E-state index < -0.39 is 40.6 Å². The lowest BCUT2D eigenvalue weighted by Gasteiger charge is -2.36. The number of rotatable bonds is 3. The smallest absolute Gasteiger partial charge is 0.419 e. The summed E-state index contributed by atoms with van der Waals surface area (Å²) >= 11 is 0. The Morgan fingerprint density at radius 1 is 1.23 bits per heavy atom. The maximum Gasteiger partial charge on any atom is 0.419 e. The molecule has 1 aliphatic rings. The fourth-order valence-electron chi connectivity index (χ4n) is 3.23. The number of aromatic nitrogens is 1. The van der Waals surface area contributed by atoms with Crippen molar-refractivity contribution in [2.45, 2.75) is 12.2 Å². The van der Waals surface area contributed by atoms with Gasteiger partial charge in [0.15, 0.2) is 23.0 Å². The zero-order valence-electron chi connectivity index (χ0n) is 15.3. The van der Waals surface area contributed by atoms with Gasteiger partial charge >= 0.3 is 6.18 Å². The van der Waals surface area contributed by atoms with Crippen LogP contribution in [0, 0.1) is 11.6 Å². The van der Waals surface area contributed by atoms with Crippen molar-refractivity contribution in [2.24, 2.45) is 0 Å². The number of benzene rings is 2. The van der Waals surface area contributed by atoms with E-state index in [2.05, 4.69) is 10.3 Å². The molecule has 0 radical (unpaired) electrons. The second-order valence-corrected chi connectivity index (χ2v) is 7.04. The number of alkyl halides is 3. The molecule has 158 valence electrons. The van der Waals surface area contributed by atoms with Crippen molar-refractivity contribution in [3.63, 3.8) is 0 Å². The number of hydrogen-bond donors (Lipinski definition) is 2. The quantitative estimate of drug-likeness (QED) is 0.626. The molecule has 2 aromatic carbocycles. The van der Waals surface area contributed by atoms with Crippen LogP contribution in [0.2, 0.25) is 0 Å². The molecule has 30 heavy (non-hydrogen) atoms. The minimum absolute atomic E-state index is 0.00291. The Bertz CT molecular complexity index is 1150. The average molecular weight is 427 g/mol. The molecule has 1 aromatic heterocycles. The number of nitrogens with one attached hydrogen (secondary N) is 1. The zero-order valence-corrected chi connectivity index (χ0v) is 15.3. The van der Waals surface area contributed by atoms with Crippen LogP contribution >= 0.6 is 0 Å². The van der Waals surface area contributed by atoms with Crippen LogP contribution in [0.15, 0.2) is 28.7 Å². The van der Waals surface area contributed by atoms with Gasteiger partial charge in [-0.05, 0) is 31.3 Å². The summed E-state index contributed by atoms with van der Waals surface area (Å²) in [6, 6.07) is 4.30. The standard InChI is InChI=1S/C19H14F5N3O3/c1-27-6-9(7-27)25-17(29)8-2-3-13-12(4-8)26-18(30-13)10-5-11(19(22,23)24)15(21)16(28)14(10)20/h2-5,9,28H,6-7H2,1H3,(H,25,29). The van der Waals surface area contributed by atoms with Crippen LogP contribution in [-0.2, 0) is 6.18 Å². The van der Waals surface area contributed by atoms with E-state index in [1.54, 1.807) is 0 Å². The highest BCUT2D eigenvalue weighted by molar-refractivity contribution is 5.97. The predicted octanol–water partition coefficient (Wildman–Crippen LogP) is 3.54. The highest BCUT2D eigenvalue weighted by atomic mass is 19.4. The van der Waals surface area contributed by atoms with Crippen molar-refractivity contribution < 1.29 is 36.3 Å². The third-order valence-corrected chi connectivity index (χ3v) is 4.76. The van der Waals surface area contributed by atoms with E-state index in [-0.39, 0.29) is 34.7 Å². The molecule has 2 heterocycles. The minimum Gasteiger partial charge on any atom is -0.503 e. The topological polar surface area (TPSA) is 78.6 Å². The molecule has 2 N–H and O–H groups in total. The van der Waals surface area contributed by atoms with Crippen LogP contribution in [-0.4, -0.2) is 47.1 Å². The molecule has 1 saturated heterocycles. The molecule has 1 aliphatic heterocycles. The number of phenolic OH excluding ortho intramolecular Hbond substituents is 1. The number of phenols is 1.